The molecule has 6 nitrogen and oxygen atoms in total. The summed E-state index contributed by atoms with van der Waals surface area (Å²) in [6, 6.07) is 3.50. The molecular formula is C7H9N3O3S. The van der Waals surface area contributed by atoms with Gasteiger partial charge in [0.05, 0.1) is 0 Å². The molecule has 0 spiro atoms. The fraction of sp³-hybridized carbons (Fsp3) is 0. The molecule has 0 heterocycles. The van der Waals surface area contributed by atoms with Gasteiger partial charge >= 0.3 is 0 Å². The minimum atomic E-state index is -3.99. The van der Waals surface area contributed by atoms with Gasteiger partial charge in [0.2, 0.25) is 10.0 Å². The minimum absolute atomic E-state index is 0.187. The van der Waals surface area contributed by atoms with E-state index in [4.69, 9.17) is 16.3 Å². The molecule has 0 aliphatic carbocycles. The smallest absolute Gasteiger partial charge is 0.241 e. The fourth-order valence-corrected chi connectivity index (χ4v) is 1.56. The average Bonchev–Trinajstić information content (AvgIpc) is 2.02. The lowest BCUT2D eigenvalue weighted by molar-refractivity contribution is 0.459. The summed E-state index contributed by atoms with van der Waals surface area (Å²) < 4.78 is 21.9. The van der Waals surface area contributed by atoms with Gasteiger partial charge in [-0.05, 0) is 18.2 Å². The van der Waals surface area contributed by atoms with Gasteiger partial charge in [-0.3, -0.25) is 5.41 Å². The maximum atomic E-state index is 10.9. The van der Waals surface area contributed by atoms with E-state index in [0.29, 0.717) is 0 Å². The number of nitrogens with two attached hydrogens (primary N) is 2. The molecule has 1 rings (SSSR count). The van der Waals surface area contributed by atoms with Gasteiger partial charge in [-0.25, -0.2) is 13.6 Å². The third-order valence-electron chi connectivity index (χ3n) is 1.58. The third kappa shape index (κ3) is 2.01. The molecule has 0 amide bonds. The zero-order valence-electron chi connectivity index (χ0n) is 7.06. The third-order valence-corrected chi connectivity index (χ3v) is 2.52. The minimum Gasteiger partial charge on any atom is -0.507 e. The lowest BCUT2D eigenvalue weighted by Crippen LogP contribution is -2.15. The number of primary sulfonamides is 1. The summed E-state index contributed by atoms with van der Waals surface area (Å²) >= 11 is 0. The van der Waals surface area contributed by atoms with E-state index in [-0.39, 0.29) is 11.4 Å². The lowest BCUT2D eigenvalue weighted by atomic mass is 10.2. The molecule has 0 saturated carbocycles. The number of phenols is 1. The summed E-state index contributed by atoms with van der Waals surface area (Å²) in [6.45, 7) is 0. The number of hydrogen-bond acceptors (Lipinski definition) is 4. The zero-order valence-corrected chi connectivity index (χ0v) is 7.88. The first-order valence-corrected chi connectivity index (χ1v) is 5.07. The number of nitrogens with one attached hydrogen (secondary N) is 1. The first-order chi connectivity index (χ1) is 6.32. The van der Waals surface area contributed by atoms with Crippen LogP contribution in [-0.4, -0.2) is 19.4 Å². The summed E-state index contributed by atoms with van der Waals surface area (Å²) in [5, 5.41) is 21.1. The molecule has 0 aromatic heterocycles. The molecule has 0 bridgehead atoms. The molecule has 0 unspecified atom stereocenters. The van der Waals surface area contributed by atoms with E-state index in [1.165, 1.54) is 6.07 Å². The van der Waals surface area contributed by atoms with Crippen LogP contribution in [-0.2, 0) is 10.0 Å². The number of sulfonamides is 1. The number of aromatic hydroxyl groups is 1. The van der Waals surface area contributed by atoms with Crippen LogP contribution >= 0.6 is 0 Å². The van der Waals surface area contributed by atoms with Crippen LogP contribution in [0.2, 0.25) is 0 Å². The Hall–Kier alpha value is -1.60. The van der Waals surface area contributed by atoms with Crippen LogP contribution in [0.3, 0.4) is 0 Å². The maximum Gasteiger partial charge on any atom is 0.241 e. The van der Waals surface area contributed by atoms with Crippen molar-refractivity contribution in [3.63, 3.8) is 0 Å². The monoisotopic (exact) mass is 215 g/mol. The van der Waals surface area contributed by atoms with Crippen molar-refractivity contribution in [2.24, 2.45) is 10.9 Å². The Morgan fingerprint density at radius 2 is 2.00 bits per heavy atom. The van der Waals surface area contributed by atoms with E-state index in [0.717, 1.165) is 12.1 Å². The number of rotatable bonds is 2. The van der Waals surface area contributed by atoms with Crippen LogP contribution < -0.4 is 10.9 Å². The van der Waals surface area contributed by atoms with E-state index in [9.17, 15) is 13.5 Å². The SMILES string of the molecule is N=C(N)c1ccc(O)c(S(N)(=O)=O)c1. The van der Waals surface area contributed by atoms with Crippen LogP contribution in [0.5, 0.6) is 5.75 Å². The molecule has 1 aromatic carbocycles. The molecular weight excluding hydrogens is 206 g/mol. The van der Waals surface area contributed by atoms with Gasteiger partial charge in [0.1, 0.15) is 16.5 Å². The van der Waals surface area contributed by atoms with Gasteiger partial charge in [0.15, 0.2) is 0 Å². The van der Waals surface area contributed by atoms with Gasteiger partial charge in [0, 0.05) is 5.56 Å². The van der Waals surface area contributed by atoms with Crippen LogP contribution in [0, 0.1) is 5.41 Å². The quantitative estimate of drug-likeness (QED) is 0.384. The van der Waals surface area contributed by atoms with E-state index < -0.39 is 20.7 Å². The van der Waals surface area contributed by atoms with E-state index >= 15 is 0 Å². The highest BCUT2D eigenvalue weighted by Crippen LogP contribution is 2.21. The molecule has 0 saturated heterocycles. The summed E-state index contributed by atoms with van der Waals surface area (Å²) in [7, 11) is -3.99. The Kier molecular flexibility index (Phi) is 2.45. The van der Waals surface area contributed by atoms with Gasteiger partial charge in [-0.15, -0.1) is 0 Å². The highest BCUT2D eigenvalue weighted by molar-refractivity contribution is 7.89. The van der Waals surface area contributed by atoms with Crippen LogP contribution in [0.15, 0.2) is 23.1 Å². The molecule has 6 N–H and O–H groups in total. The summed E-state index contributed by atoms with van der Waals surface area (Å²) in [4.78, 5) is -0.440. The molecule has 0 radical (unpaired) electrons. The molecule has 0 atom stereocenters. The van der Waals surface area contributed by atoms with E-state index in [2.05, 4.69) is 0 Å². The van der Waals surface area contributed by atoms with Crippen molar-refractivity contribution in [2.75, 3.05) is 0 Å². The average molecular weight is 215 g/mol. The second-order valence-corrected chi connectivity index (χ2v) is 4.17. The maximum absolute atomic E-state index is 10.9. The van der Waals surface area contributed by atoms with Crippen molar-refractivity contribution in [1.29, 1.82) is 5.41 Å². The highest BCUT2D eigenvalue weighted by Gasteiger charge is 2.14. The number of benzene rings is 1. The standard InChI is InChI=1S/C7H9N3O3S/c8-7(9)4-1-2-5(11)6(3-4)14(10,12)13/h1-3,11H,(H3,8,9)(H2,10,12,13). The Morgan fingerprint density at radius 3 is 2.43 bits per heavy atom. The predicted molar refractivity (Wildman–Crippen MR) is 50.5 cm³/mol. The first-order valence-electron chi connectivity index (χ1n) is 3.52. The Labute approximate surface area is 80.7 Å². The van der Waals surface area contributed by atoms with Crippen molar-refractivity contribution in [2.45, 2.75) is 4.90 Å². The Morgan fingerprint density at radius 1 is 1.43 bits per heavy atom. The zero-order chi connectivity index (χ0) is 10.9. The Bertz CT molecular complexity index is 481. The summed E-state index contributed by atoms with van der Waals surface area (Å²) in [6.07, 6.45) is 0. The van der Waals surface area contributed by atoms with Crippen molar-refractivity contribution in [3.05, 3.63) is 23.8 Å². The second kappa shape index (κ2) is 3.28. The van der Waals surface area contributed by atoms with Crippen molar-refractivity contribution in [1.82, 2.24) is 0 Å². The highest BCUT2D eigenvalue weighted by atomic mass is 32.2. The number of phenolic OH excluding ortho intramolecular Hbond substituents is 1. The van der Waals surface area contributed by atoms with Gasteiger partial charge < -0.3 is 10.8 Å². The van der Waals surface area contributed by atoms with E-state index in [1.807, 2.05) is 0 Å². The van der Waals surface area contributed by atoms with Crippen LogP contribution in [0.4, 0.5) is 0 Å². The first kappa shape index (κ1) is 10.5. The molecule has 7 heteroatoms. The number of nitrogen functional groups attached to an aromatic ring is 1. The molecule has 14 heavy (non-hydrogen) atoms. The predicted octanol–water partition coefficient (Wildman–Crippen LogP) is -0.676. The Balaban J connectivity index is 3.44. The molecule has 1 aromatic rings. The lowest BCUT2D eigenvalue weighted by Gasteiger charge is -2.04. The molecule has 0 aliphatic heterocycles. The largest absolute Gasteiger partial charge is 0.507 e. The van der Waals surface area contributed by atoms with Crippen molar-refractivity contribution < 1.29 is 13.5 Å². The fourth-order valence-electron chi connectivity index (χ4n) is 0.910. The normalized spacial score (nSPS) is 11.2. The van der Waals surface area contributed by atoms with Crippen LogP contribution in [0.1, 0.15) is 5.56 Å². The van der Waals surface area contributed by atoms with E-state index in [1.54, 1.807) is 0 Å². The molecule has 0 aliphatic rings. The molecule has 76 valence electrons. The summed E-state index contributed by atoms with van der Waals surface area (Å²) in [5.74, 6) is -0.757. The van der Waals surface area contributed by atoms with Crippen molar-refractivity contribution >= 4 is 15.9 Å². The van der Waals surface area contributed by atoms with Gasteiger partial charge in [0.25, 0.3) is 0 Å². The van der Waals surface area contributed by atoms with Gasteiger partial charge in [-0.2, -0.15) is 0 Å². The number of amidine groups is 1. The summed E-state index contributed by atoms with van der Waals surface area (Å²) in [5.41, 5.74) is 5.33. The second-order valence-electron chi connectivity index (χ2n) is 2.64. The topological polar surface area (TPSA) is 130 Å². The van der Waals surface area contributed by atoms with Crippen LogP contribution in [0.25, 0.3) is 0 Å². The van der Waals surface area contributed by atoms with Crippen molar-refractivity contribution in [3.8, 4) is 5.75 Å². The van der Waals surface area contributed by atoms with Gasteiger partial charge in [-0.1, -0.05) is 0 Å². The molecule has 0 fully saturated rings. The number of hydrogen-bond donors (Lipinski definition) is 4.